The molecule has 0 atom stereocenters. The minimum Gasteiger partial charge on any atom is -0.493 e. The van der Waals surface area contributed by atoms with Gasteiger partial charge in [0.2, 0.25) is 0 Å². The molecule has 0 aromatic heterocycles. The van der Waals surface area contributed by atoms with Gasteiger partial charge in [-0.05, 0) is 70.6 Å². The minimum absolute atomic E-state index is 0.174. The van der Waals surface area contributed by atoms with Gasteiger partial charge in [-0.3, -0.25) is 4.79 Å². The van der Waals surface area contributed by atoms with E-state index in [1.165, 1.54) is 7.11 Å². The van der Waals surface area contributed by atoms with Gasteiger partial charge in [0, 0.05) is 5.02 Å². The zero-order valence-corrected chi connectivity index (χ0v) is 16.8. The van der Waals surface area contributed by atoms with Crippen LogP contribution in [0.15, 0.2) is 42.1 Å². The lowest BCUT2D eigenvalue weighted by Gasteiger charge is -2.11. The van der Waals surface area contributed by atoms with Crippen molar-refractivity contribution in [3.05, 3.63) is 56.3 Å². The lowest BCUT2D eigenvalue weighted by Crippen LogP contribution is -2.30. The maximum absolute atomic E-state index is 12.7. The molecule has 26 heavy (non-hydrogen) atoms. The average Bonchev–Trinajstić information content (AvgIpc) is 2.89. The number of amides is 3. The molecule has 2 aromatic rings. The number of carbonyl (C=O) groups excluding carboxylic acids is 2. The van der Waals surface area contributed by atoms with Gasteiger partial charge in [0.05, 0.1) is 23.5 Å². The second-order valence-electron chi connectivity index (χ2n) is 5.34. The maximum Gasteiger partial charge on any atom is 0.333 e. The largest absolute Gasteiger partial charge is 0.493 e. The Balaban J connectivity index is 1.95. The van der Waals surface area contributed by atoms with Crippen LogP contribution in [0.25, 0.3) is 6.08 Å². The van der Waals surface area contributed by atoms with Gasteiger partial charge in [-0.25, -0.2) is 9.69 Å². The molecule has 134 valence electrons. The Morgan fingerprint density at radius 2 is 1.81 bits per heavy atom. The first-order valence-corrected chi connectivity index (χ1v) is 8.94. The molecule has 1 saturated heterocycles. The van der Waals surface area contributed by atoms with Gasteiger partial charge in [-0.15, -0.1) is 0 Å². The molecule has 8 heteroatoms. The standard InChI is InChI=1S/C18H14ClIN2O4/c1-25-15-9-10(7-13(20)16(15)26-2)8-14-17(23)22(18(24)21-14)12-5-3-11(19)4-6-12/h3-9H,1-2H3,(H,21,24)/b14-8+. The third-order valence-corrected chi connectivity index (χ3v) is 4.78. The number of rotatable bonds is 4. The highest BCUT2D eigenvalue weighted by molar-refractivity contribution is 14.1. The summed E-state index contributed by atoms with van der Waals surface area (Å²) in [6.07, 6.45) is 1.60. The number of hydrogen-bond donors (Lipinski definition) is 1. The Kier molecular flexibility index (Phi) is 5.38. The molecule has 1 N–H and O–H groups in total. The molecule has 0 unspecified atom stereocenters. The number of benzene rings is 2. The first-order valence-electron chi connectivity index (χ1n) is 7.49. The van der Waals surface area contributed by atoms with E-state index in [0.29, 0.717) is 27.8 Å². The number of nitrogens with zero attached hydrogens (tertiary/aromatic N) is 1. The second-order valence-corrected chi connectivity index (χ2v) is 6.94. The van der Waals surface area contributed by atoms with Gasteiger partial charge in [0.15, 0.2) is 11.5 Å². The molecule has 3 amide bonds. The lowest BCUT2D eigenvalue weighted by molar-refractivity contribution is -0.113. The SMILES string of the molecule is COc1cc(/C=C2/NC(=O)N(c3ccc(Cl)cc3)C2=O)cc(I)c1OC. The van der Waals surface area contributed by atoms with Crippen molar-refractivity contribution in [1.29, 1.82) is 0 Å². The molecule has 1 heterocycles. The van der Waals surface area contributed by atoms with E-state index in [-0.39, 0.29) is 5.70 Å². The number of imide groups is 1. The summed E-state index contributed by atoms with van der Waals surface area (Å²) in [5.41, 5.74) is 1.32. The highest BCUT2D eigenvalue weighted by Gasteiger charge is 2.34. The van der Waals surface area contributed by atoms with Crippen molar-refractivity contribution in [3.8, 4) is 11.5 Å². The zero-order valence-electron chi connectivity index (χ0n) is 13.9. The summed E-state index contributed by atoms with van der Waals surface area (Å²) in [5, 5.41) is 3.12. The third-order valence-electron chi connectivity index (χ3n) is 3.73. The molecule has 3 rings (SSSR count). The fraction of sp³-hybridized carbons (Fsp3) is 0.111. The molecule has 0 aliphatic carbocycles. The summed E-state index contributed by atoms with van der Waals surface area (Å²) in [4.78, 5) is 26.0. The predicted octanol–water partition coefficient (Wildman–Crippen LogP) is 4.06. The Morgan fingerprint density at radius 3 is 2.42 bits per heavy atom. The average molecular weight is 485 g/mol. The van der Waals surface area contributed by atoms with Gasteiger partial charge >= 0.3 is 6.03 Å². The van der Waals surface area contributed by atoms with Crippen LogP contribution in [-0.2, 0) is 4.79 Å². The second kappa shape index (κ2) is 7.55. The van der Waals surface area contributed by atoms with Crippen LogP contribution in [0.1, 0.15) is 5.56 Å². The summed E-state index contributed by atoms with van der Waals surface area (Å²) in [7, 11) is 3.10. The fourth-order valence-electron chi connectivity index (χ4n) is 2.55. The molecule has 0 spiro atoms. The van der Waals surface area contributed by atoms with Crippen molar-refractivity contribution < 1.29 is 19.1 Å². The highest BCUT2D eigenvalue weighted by atomic mass is 127. The van der Waals surface area contributed by atoms with Crippen LogP contribution >= 0.6 is 34.2 Å². The Morgan fingerprint density at radius 1 is 1.12 bits per heavy atom. The number of halogens is 2. The fourth-order valence-corrected chi connectivity index (χ4v) is 3.52. The van der Waals surface area contributed by atoms with Crippen LogP contribution in [0.2, 0.25) is 5.02 Å². The molecule has 1 aliphatic heterocycles. The van der Waals surface area contributed by atoms with Crippen molar-refractivity contribution in [2.75, 3.05) is 19.1 Å². The van der Waals surface area contributed by atoms with Crippen LogP contribution in [0, 0.1) is 3.57 Å². The van der Waals surface area contributed by atoms with Crippen molar-refractivity contribution in [1.82, 2.24) is 5.32 Å². The highest BCUT2D eigenvalue weighted by Crippen LogP contribution is 2.34. The van der Waals surface area contributed by atoms with E-state index >= 15 is 0 Å². The van der Waals surface area contributed by atoms with Crippen molar-refractivity contribution in [3.63, 3.8) is 0 Å². The van der Waals surface area contributed by atoms with E-state index in [0.717, 1.165) is 8.47 Å². The van der Waals surface area contributed by atoms with Crippen LogP contribution in [0.5, 0.6) is 11.5 Å². The number of carbonyl (C=O) groups is 2. The van der Waals surface area contributed by atoms with E-state index in [1.807, 2.05) is 6.07 Å². The summed E-state index contributed by atoms with van der Waals surface area (Å²) in [6.45, 7) is 0. The molecular formula is C18H14ClIN2O4. The molecule has 0 bridgehead atoms. The van der Waals surface area contributed by atoms with Crippen molar-refractivity contribution >= 4 is 57.9 Å². The van der Waals surface area contributed by atoms with Gasteiger partial charge in [0.1, 0.15) is 5.70 Å². The van der Waals surface area contributed by atoms with E-state index in [1.54, 1.807) is 43.5 Å². The zero-order chi connectivity index (χ0) is 18.8. The number of hydrogen-bond acceptors (Lipinski definition) is 4. The van der Waals surface area contributed by atoms with Gasteiger partial charge < -0.3 is 14.8 Å². The third kappa shape index (κ3) is 3.49. The normalized spacial score (nSPS) is 15.4. The number of nitrogens with one attached hydrogen (secondary N) is 1. The van der Waals surface area contributed by atoms with E-state index in [4.69, 9.17) is 21.1 Å². The van der Waals surface area contributed by atoms with Crippen molar-refractivity contribution in [2.45, 2.75) is 0 Å². The summed E-state index contributed by atoms with van der Waals surface area (Å²) in [5.74, 6) is 0.708. The summed E-state index contributed by atoms with van der Waals surface area (Å²) < 4.78 is 11.4. The predicted molar refractivity (Wildman–Crippen MR) is 108 cm³/mol. The summed E-state index contributed by atoms with van der Waals surface area (Å²) in [6, 6.07) is 9.52. The van der Waals surface area contributed by atoms with Crippen LogP contribution in [0.3, 0.4) is 0 Å². The molecule has 2 aromatic carbocycles. The number of methoxy groups -OCH3 is 2. The Bertz CT molecular complexity index is 912. The lowest BCUT2D eigenvalue weighted by atomic mass is 10.1. The van der Waals surface area contributed by atoms with E-state index in [9.17, 15) is 9.59 Å². The topological polar surface area (TPSA) is 67.9 Å². The molecule has 1 aliphatic rings. The summed E-state index contributed by atoms with van der Waals surface area (Å²) >= 11 is 7.97. The monoisotopic (exact) mass is 484 g/mol. The van der Waals surface area contributed by atoms with Crippen LogP contribution < -0.4 is 19.7 Å². The van der Waals surface area contributed by atoms with Crippen LogP contribution in [-0.4, -0.2) is 26.2 Å². The Labute approximate surface area is 168 Å². The smallest absolute Gasteiger partial charge is 0.333 e. The maximum atomic E-state index is 12.7. The number of anilines is 1. The molecule has 6 nitrogen and oxygen atoms in total. The number of urea groups is 1. The Hall–Kier alpha value is -2.26. The first kappa shape index (κ1) is 18.5. The quantitative estimate of drug-likeness (QED) is 0.404. The molecule has 0 saturated carbocycles. The van der Waals surface area contributed by atoms with Gasteiger partial charge in [-0.2, -0.15) is 0 Å². The molecule has 1 fully saturated rings. The van der Waals surface area contributed by atoms with Crippen LogP contribution in [0.4, 0.5) is 10.5 Å². The molecular weight excluding hydrogens is 471 g/mol. The van der Waals surface area contributed by atoms with Crippen molar-refractivity contribution in [2.24, 2.45) is 0 Å². The van der Waals surface area contributed by atoms with E-state index < -0.39 is 11.9 Å². The number of ether oxygens (including phenoxy) is 2. The minimum atomic E-state index is -0.515. The van der Waals surface area contributed by atoms with E-state index in [2.05, 4.69) is 27.9 Å². The molecule has 0 radical (unpaired) electrons. The van der Waals surface area contributed by atoms with Gasteiger partial charge in [-0.1, -0.05) is 11.6 Å². The van der Waals surface area contributed by atoms with Gasteiger partial charge in [0.25, 0.3) is 5.91 Å². The first-order chi connectivity index (χ1) is 12.4.